The van der Waals surface area contributed by atoms with E-state index in [0.717, 1.165) is 24.1 Å². The molecule has 1 aromatic carbocycles. The fourth-order valence-corrected chi connectivity index (χ4v) is 2.96. The minimum atomic E-state index is 0.363. The van der Waals surface area contributed by atoms with Gasteiger partial charge in [0.25, 0.3) is 0 Å². The molecule has 4 heteroatoms. The summed E-state index contributed by atoms with van der Waals surface area (Å²) < 4.78 is 1.15. The van der Waals surface area contributed by atoms with Crippen molar-refractivity contribution in [3.63, 3.8) is 0 Å². The van der Waals surface area contributed by atoms with Crippen molar-refractivity contribution in [1.29, 1.82) is 0 Å². The fraction of sp³-hybridized carbons (Fsp3) is 0.600. The topological polar surface area (TPSA) is 18.5 Å². The Bertz CT molecular complexity index is 435. The predicted molar refractivity (Wildman–Crippen MR) is 85.9 cm³/mol. The summed E-state index contributed by atoms with van der Waals surface area (Å²) in [5.41, 5.74) is 2.73. The zero-order chi connectivity index (χ0) is 14.0. The van der Waals surface area contributed by atoms with Gasteiger partial charge in [0.05, 0.1) is 0 Å². The second-order valence-electron chi connectivity index (χ2n) is 5.49. The SMILES string of the molecule is CNC(C)c1cc(Br)ccc1N1CCN(C)C(C)C1. The standard InChI is InChI=1S/C15H24BrN3/c1-11-10-19(8-7-18(11)4)15-6-5-13(16)9-14(15)12(2)17-3/h5-6,9,11-12,17H,7-8,10H2,1-4H3. The Morgan fingerprint density at radius 1 is 1.37 bits per heavy atom. The van der Waals surface area contributed by atoms with Gasteiger partial charge in [-0.25, -0.2) is 0 Å². The third kappa shape index (κ3) is 3.30. The van der Waals surface area contributed by atoms with E-state index in [2.05, 4.69) is 70.1 Å². The van der Waals surface area contributed by atoms with Crippen LogP contribution in [0.3, 0.4) is 0 Å². The summed E-state index contributed by atoms with van der Waals surface area (Å²) in [5.74, 6) is 0. The van der Waals surface area contributed by atoms with Crippen molar-refractivity contribution in [2.45, 2.75) is 25.9 Å². The van der Waals surface area contributed by atoms with Gasteiger partial charge in [0.1, 0.15) is 0 Å². The van der Waals surface area contributed by atoms with Crippen molar-refractivity contribution in [3.8, 4) is 0 Å². The van der Waals surface area contributed by atoms with Gasteiger partial charge in [-0.1, -0.05) is 15.9 Å². The fourth-order valence-electron chi connectivity index (χ4n) is 2.58. The third-order valence-corrected chi connectivity index (χ3v) is 4.68. The van der Waals surface area contributed by atoms with Crippen molar-refractivity contribution >= 4 is 21.6 Å². The molecule has 3 nitrogen and oxygen atoms in total. The summed E-state index contributed by atoms with van der Waals surface area (Å²) in [6.07, 6.45) is 0. The highest BCUT2D eigenvalue weighted by atomic mass is 79.9. The molecule has 1 N–H and O–H groups in total. The largest absolute Gasteiger partial charge is 0.368 e. The molecular formula is C15H24BrN3. The first-order valence-electron chi connectivity index (χ1n) is 6.95. The van der Waals surface area contributed by atoms with Gasteiger partial charge in [0.15, 0.2) is 0 Å². The lowest BCUT2D eigenvalue weighted by Gasteiger charge is -2.40. The molecule has 2 unspecified atom stereocenters. The molecule has 0 saturated carbocycles. The van der Waals surface area contributed by atoms with Gasteiger partial charge in [-0.3, -0.25) is 0 Å². The number of rotatable bonds is 3. The highest BCUT2D eigenvalue weighted by Crippen LogP contribution is 2.30. The van der Waals surface area contributed by atoms with E-state index in [1.807, 2.05) is 7.05 Å². The maximum Gasteiger partial charge on any atom is 0.0416 e. The number of anilines is 1. The predicted octanol–water partition coefficient (Wildman–Crippen LogP) is 2.87. The monoisotopic (exact) mass is 325 g/mol. The van der Waals surface area contributed by atoms with Crippen LogP contribution in [0.4, 0.5) is 5.69 Å². The quantitative estimate of drug-likeness (QED) is 0.921. The lowest BCUT2D eigenvalue weighted by Crippen LogP contribution is -2.50. The lowest BCUT2D eigenvalue weighted by molar-refractivity contribution is 0.234. The molecular weight excluding hydrogens is 302 g/mol. The Morgan fingerprint density at radius 3 is 2.74 bits per heavy atom. The van der Waals surface area contributed by atoms with Crippen LogP contribution in [0.15, 0.2) is 22.7 Å². The molecule has 0 spiro atoms. The summed E-state index contributed by atoms with van der Waals surface area (Å²) >= 11 is 3.58. The molecule has 1 aromatic rings. The van der Waals surface area contributed by atoms with Gasteiger partial charge < -0.3 is 15.1 Å². The van der Waals surface area contributed by atoms with Crippen molar-refractivity contribution in [1.82, 2.24) is 10.2 Å². The van der Waals surface area contributed by atoms with Crippen molar-refractivity contribution < 1.29 is 0 Å². The number of hydrogen-bond donors (Lipinski definition) is 1. The van der Waals surface area contributed by atoms with E-state index in [1.165, 1.54) is 11.3 Å². The normalized spacial score (nSPS) is 22.6. The highest BCUT2D eigenvalue weighted by molar-refractivity contribution is 9.10. The Hall–Kier alpha value is -0.580. The minimum Gasteiger partial charge on any atom is -0.368 e. The molecule has 1 saturated heterocycles. The molecule has 0 aromatic heterocycles. The summed E-state index contributed by atoms with van der Waals surface area (Å²) in [5, 5.41) is 3.35. The Morgan fingerprint density at radius 2 is 2.11 bits per heavy atom. The molecule has 1 aliphatic rings. The van der Waals surface area contributed by atoms with E-state index >= 15 is 0 Å². The van der Waals surface area contributed by atoms with Crippen LogP contribution < -0.4 is 10.2 Å². The Kier molecular flexibility index (Phi) is 4.87. The molecule has 2 atom stereocenters. The van der Waals surface area contributed by atoms with Crippen LogP contribution in [-0.2, 0) is 0 Å². The maximum atomic E-state index is 3.58. The van der Waals surface area contributed by atoms with Crippen LogP contribution in [0.2, 0.25) is 0 Å². The molecule has 0 bridgehead atoms. The summed E-state index contributed by atoms with van der Waals surface area (Å²) in [4.78, 5) is 4.94. The van der Waals surface area contributed by atoms with Gasteiger partial charge in [0, 0.05) is 41.9 Å². The first-order valence-corrected chi connectivity index (χ1v) is 7.74. The number of halogens is 1. The smallest absolute Gasteiger partial charge is 0.0416 e. The van der Waals surface area contributed by atoms with Crippen LogP contribution in [0.1, 0.15) is 25.5 Å². The number of nitrogens with one attached hydrogen (secondary N) is 1. The van der Waals surface area contributed by atoms with Crippen molar-refractivity contribution in [2.24, 2.45) is 0 Å². The molecule has 1 aliphatic heterocycles. The van der Waals surface area contributed by atoms with Gasteiger partial charge in [-0.05, 0) is 51.7 Å². The van der Waals surface area contributed by atoms with E-state index in [1.54, 1.807) is 0 Å². The maximum absolute atomic E-state index is 3.58. The molecule has 0 aliphatic carbocycles. The second-order valence-corrected chi connectivity index (χ2v) is 6.40. The van der Waals surface area contributed by atoms with Crippen LogP contribution in [0.5, 0.6) is 0 Å². The van der Waals surface area contributed by atoms with E-state index in [9.17, 15) is 0 Å². The highest BCUT2D eigenvalue weighted by Gasteiger charge is 2.23. The zero-order valence-electron chi connectivity index (χ0n) is 12.3. The molecule has 1 fully saturated rings. The Balaban J connectivity index is 2.28. The molecule has 0 amide bonds. The molecule has 19 heavy (non-hydrogen) atoms. The van der Waals surface area contributed by atoms with Gasteiger partial charge >= 0.3 is 0 Å². The van der Waals surface area contributed by atoms with E-state index in [-0.39, 0.29) is 0 Å². The van der Waals surface area contributed by atoms with Gasteiger partial charge in [-0.2, -0.15) is 0 Å². The number of nitrogens with zero attached hydrogens (tertiary/aromatic N) is 2. The van der Waals surface area contributed by atoms with Crippen molar-refractivity contribution in [2.75, 3.05) is 38.6 Å². The molecule has 2 rings (SSSR count). The average Bonchev–Trinajstić information content (AvgIpc) is 2.41. The number of benzene rings is 1. The zero-order valence-corrected chi connectivity index (χ0v) is 13.9. The first-order chi connectivity index (χ1) is 9.02. The average molecular weight is 326 g/mol. The summed E-state index contributed by atoms with van der Waals surface area (Å²) in [6.45, 7) is 7.84. The minimum absolute atomic E-state index is 0.363. The second kappa shape index (κ2) is 6.25. The third-order valence-electron chi connectivity index (χ3n) is 4.19. The number of piperazine rings is 1. The van der Waals surface area contributed by atoms with Crippen LogP contribution in [0.25, 0.3) is 0 Å². The number of hydrogen-bond acceptors (Lipinski definition) is 3. The molecule has 0 radical (unpaired) electrons. The first kappa shape index (κ1) is 14.8. The summed E-state index contributed by atoms with van der Waals surface area (Å²) in [7, 11) is 4.22. The molecule has 106 valence electrons. The van der Waals surface area contributed by atoms with Crippen LogP contribution in [-0.4, -0.2) is 44.7 Å². The summed E-state index contributed by atoms with van der Waals surface area (Å²) in [6, 6.07) is 7.59. The van der Waals surface area contributed by atoms with E-state index < -0.39 is 0 Å². The van der Waals surface area contributed by atoms with Crippen LogP contribution in [0, 0.1) is 0 Å². The van der Waals surface area contributed by atoms with E-state index in [0.29, 0.717) is 12.1 Å². The van der Waals surface area contributed by atoms with E-state index in [4.69, 9.17) is 0 Å². The lowest BCUT2D eigenvalue weighted by atomic mass is 10.0. The molecule has 1 heterocycles. The Labute approximate surface area is 125 Å². The van der Waals surface area contributed by atoms with Gasteiger partial charge in [0.2, 0.25) is 0 Å². The number of likely N-dealkylation sites (N-methyl/N-ethyl adjacent to an activating group) is 1. The van der Waals surface area contributed by atoms with Crippen LogP contribution >= 0.6 is 15.9 Å². The van der Waals surface area contributed by atoms with Gasteiger partial charge in [-0.15, -0.1) is 0 Å². The van der Waals surface area contributed by atoms with Crippen molar-refractivity contribution in [3.05, 3.63) is 28.2 Å².